The highest BCUT2D eigenvalue weighted by Crippen LogP contribution is 2.64. The third-order valence-corrected chi connectivity index (χ3v) is 8.68. The van der Waals surface area contributed by atoms with Crippen molar-refractivity contribution >= 4 is 25.9 Å². The molecule has 242 valence electrons. The predicted molar refractivity (Wildman–Crippen MR) is 102 cm³/mol. The van der Waals surface area contributed by atoms with Crippen LogP contribution in [0.1, 0.15) is 12.5 Å². The number of sulfonamides is 2. The predicted octanol–water partition coefficient (Wildman–Crippen LogP) is 5.75. The van der Waals surface area contributed by atoms with Crippen LogP contribution >= 0.6 is 0 Å². The Balaban J connectivity index is 2.76. The minimum atomic E-state index is -8.99. The van der Waals surface area contributed by atoms with Crippen LogP contribution in [0.4, 0.5) is 74.6 Å². The topological polar surface area (TPSA) is 83.9 Å². The van der Waals surface area contributed by atoms with Crippen LogP contribution in [0.15, 0.2) is 33.6 Å². The minimum Gasteiger partial charge on any atom is -0.248 e. The van der Waals surface area contributed by atoms with Crippen LogP contribution in [-0.4, -0.2) is 80.5 Å². The Morgan fingerprint density at radius 3 is 1.45 bits per heavy atom. The summed E-state index contributed by atoms with van der Waals surface area (Å²) >= 11 is 0. The van der Waals surface area contributed by atoms with Gasteiger partial charge in [-0.1, -0.05) is 12.1 Å². The van der Waals surface area contributed by atoms with E-state index in [9.17, 15) is 91.5 Å². The normalized spacial score (nSPS) is 17.6. The van der Waals surface area contributed by atoms with Gasteiger partial charge in [-0.15, -0.1) is 4.40 Å². The molecule has 0 radical (unpaired) electrons. The molecule has 0 saturated carbocycles. The molecule has 0 amide bonds. The van der Waals surface area contributed by atoms with Crippen molar-refractivity contribution in [3.8, 4) is 0 Å². The summed E-state index contributed by atoms with van der Waals surface area (Å²) in [4.78, 5) is -1.01. The standard InChI is InChI=1S/C17H9F17N2O4S2/c1-2-36(9-7-5-3-4-6-8(7)41(37,38)35-9)42(39,40)17(33,34)15(28,29)13(24,25)11(20,21)10(18,19)12(22,23)14(26,27)16(30,31)32/h3-6H,2H2,1H3. The number of hydrogen-bond acceptors (Lipinski definition) is 4. The lowest BCUT2D eigenvalue weighted by atomic mass is 9.91. The lowest BCUT2D eigenvalue weighted by molar-refractivity contribution is -0.458. The Hall–Kier alpha value is -2.60. The molecule has 1 aromatic carbocycles. The molecule has 0 unspecified atom stereocenters. The summed E-state index contributed by atoms with van der Waals surface area (Å²) in [6.45, 7) is -1.27. The molecule has 1 aliphatic rings. The molecule has 1 heterocycles. The second kappa shape index (κ2) is 9.45. The smallest absolute Gasteiger partial charge is 0.248 e. The van der Waals surface area contributed by atoms with Crippen molar-refractivity contribution in [1.29, 1.82) is 0 Å². The van der Waals surface area contributed by atoms with Crippen molar-refractivity contribution in [1.82, 2.24) is 4.31 Å². The maximum Gasteiger partial charge on any atom is 0.460 e. The third-order valence-electron chi connectivity index (χ3n) is 5.44. The first kappa shape index (κ1) is 35.6. The summed E-state index contributed by atoms with van der Waals surface area (Å²) in [5.41, 5.74) is -1.00. The highest BCUT2D eigenvalue weighted by atomic mass is 32.2. The fourth-order valence-corrected chi connectivity index (χ4v) is 5.85. The highest BCUT2D eigenvalue weighted by molar-refractivity contribution is 7.92. The maximum absolute atomic E-state index is 14.6. The average molecular weight is 692 g/mol. The van der Waals surface area contributed by atoms with Gasteiger partial charge in [0.05, 0.1) is 0 Å². The van der Waals surface area contributed by atoms with E-state index < -0.39 is 94.2 Å². The Bertz CT molecular complexity index is 1480. The molecule has 0 N–H and O–H groups in total. The summed E-state index contributed by atoms with van der Waals surface area (Å²) in [6, 6.07) is 2.99. The highest BCUT2D eigenvalue weighted by Gasteiger charge is 2.96. The minimum absolute atomic E-state index is 0.405. The molecule has 0 atom stereocenters. The van der Waals surface area contributed by atoms with Crippen LogP contribution in [0.3, 0.4) is 0 Å². The van der Waals surface area contributed by atoms with E-state index in [1.54, 1.807) is 0 Å². The van der Waals surface area contributed by atoms with Gasteiger partial charge in [-0.2, -0.15) is 91.5 Å². The Morgan fingerprint density at radius 1 is 0.667 bits per heavy atom. The summed E-state index contributed by atoms with van der Waals surface area (Å²) in [5.74, 6) is -54.2. The number of amidine groups is 1. The van der Waals surface area contributed by atoms with E-state index in [2.05, 4.69) is 4.40 Å². The molecule has 1 aromatic rings. The van der Waals surface area contributed by atoms with Crippen LogP contribution < -0.4 is 0 Å². The Labute approximate surface area is 221 Å². The summed E-state index contributed by atoms with van der Waals surface area (Å²) in [7, 11) is -12.8. The van der Waals surface area contributed by atoms with Crippen molar-refractivity contribution < 1.29 is 91.5 Å². The molecule has 0 aromatic heterocycles. The van der Waals surface area contributed by atoms with Crippen LogP contribution in [0.2, 0.25) is 0 Å². The Kier molecular flexibility index (Phi) is 8.01. The average Bonchev–Trinajstić information content (AvgIpc) is 3.08. The van der Waals surface area contributed by atoms with Crippen LogP contribution in [0, 0.1) is 0 Å². The molecule has 0 spiro atoms. The first-order valence-corrected chi connectivity index (χ1v) is 12.8. The summed E-state index contributed by atoms with van der Waals surface area (Å²) in [6.07, 6.45) is -7.94. The number of alkyl halides is 17. The van der Waals surface area contributed by atoms with Crippen LogP contribution in [-0.2, 0) is 20.0 Å². The zero-order chi connectivity index (χ0) is 33.6. The molecule has 25 heteroatoms. The van der Waals surface area contributed by atoms with E-state index in [1.807, 2.05) is 0 Å². The van der Waals surface area contributed by atoms with Gasteiger partial charge in [0.25, 0.3) is 10.0 Å². The molecule has 0 bridgehead atoms. The Morgan fingerprint density at radius 2 is 1.05 bits per heavy atom. The molecule has 0 saturated heterocycles. The number of fused-ring (bicyclic) bond motifs is 1. The largest absolute Gasteiger partial charge is 0.460 e. The van der Waals surface area contributed by atoms with E-state index in [0.29, 0.717) is 19.1 Å². The van der Waals surface area contributed by atoms with Gasteiger partial charge in [-0.25, -0.2) is 4.31 Å². The fourth-order valence-electron chi connectivity index (χ4n) is 3.15. The van der Waals surface area contributed by atoms with Gasteiger partial charge in [-0.05, 0) is 19.1 Å². The third kappa shape index (κ3) is 4.30. The zero-order valence-electron chi connectivity index (χ0n) is 19.3. The molecule has 0 fully saturated rings. The van der Waals surface area contributed by atoms with Crippen LogP contribution in [0.5, 0.6) is 0 Å². The van der Waals surface area contributed by atoms with Gasteiger partial charge in [0, 0.05) is 12.1 Å². The number of nitrogens with zero attached hydrogens (tertiary/aromatic N) is 2. The maximum atomic E-state index is 14.6. The lowest BCUT2D eigenvalue weighted by Crippen LogP contribution is -2.75. The van der Waals surface area contributed by atoms with Gasteiger partial charge in [-0.3, -0.25) is 0 Å². The lowest BCUT2D eigenvalue weighted by Gasteiger charge is -2.43. The van der Waals surface area contributed by atoms with Crippen molar-refractivity contribution in [3.63, 3.8) is 0 Å². The van der Waals surface area contributed by atoms with E-state index in [1.165, 1.54) is 0 Å². The van der Waals surface area contributed by atoms with Crippen molar-refractivity contribution in [3.05, 3.63) is 29.8 Å². The molecular weight excluding hydrogens is 683 g/mol. The van der Waals surface area contributed by atoms with E-state index >= 15 is 0 Å². The molecule has 6 nitrogen and oxygen atoms in total. The van der Waals surface area contributed by atoms with Gasteiger partial charge in [0.2, 0.25) is 0 Å². The van der Waals surface area contributed by atoms with Crippen molar-refractivity contribution in [2.45, 2.75) is 58.8 Å². The molecule has 0 aliphatic carbocycles. The zero-order valence-corrected chi connectivity index (χ0v) is 20.9. The number of halogens is 17. The number of hydrogen-bond donors (Lipinski definition) is 0. The second-order valence-corrected chi connectivity index (χ2v) is 11.5. The van der Waals surface area contributed by atoms with E-state index in [0.717, 1.165) is 12.1 Å². The second-order valence-electron chi connectivity index (χ2n) is 8.02. The van der Waals surface area contributed by atoms with E-state index in [-0.39, 0.29) is 0 Å². The molecule has 2 rings (SSSR count). The first-order chi connectivity index (χ1) is 18.3. The first-order valence-electron chi connectivity index (χ1n) is 9.95. The van der Waals surface area contributed by atoms with Gasteiger partial charge < -0.3 is 0 Å². The van der Waals surface area contributed by atoms with Gasteiger partial charge >= 0.3 is 57.0 Å². The monoisotopic (exact) mass is 692 g/mol. The van der Waals surface area contributed by atoms with Crippen molar-refractivity contribution in [2.24, 2.45) is 4.40 Å². The fraction of sp³-hybridized carbons (Fsp3) is 0.588. The molecular formula is C17H9F17N2O4S2. The van der Waals surface area contributed by atoms with Gasteiger partial charge in [0.15, 0.2) is 5.84 Å². The molecule has 1 aliphatic heterocycles. The van der Waals surface area contributed by atoms with E-state index in [4.69, 9.17) is 0 Å². The summed E-state index contributed by atoms with van der Waals surface area (Å²) in [5, 5.41) is -7.86. The quantitative estimate of drug-likeness (QED) is 0.309. The van der Waals surface area contributed by atoms with Gasteiger partial charge in [0.1, 0.15) is 4.90 Å². The van der Waals surface area contributed by atoms with Crippen LogP contribution in [0.25, 0.3) is 0 Å². The van der Waals surface area contributed by atoms with Crippen molar-refractivity contribution in [2.75, 3.05) is 6.54 Å². The number of rotatable bonds is 9. The number of benzene rings is 1. The summed E-state index contributed by atoms with van der Waals surface area (Å²) < 4.78 is 280. The SMILES string of the molecule is CCN(C1=NS(=O)(=O)c2ccccc21)S(=O)(=O)C(F)(F)C(F)(F)C(F)(F)C(F)(F)C(F)(F)C(F)(F)C(F)(F)C(F)(F)F. The molecule has 42 heavy (non-hydrogen) atoms.